The molecule has 0 saturated carbocycles. The van der Waals surface area contributed by atoms with Crippen molar-refractivity contribution in [2.45, 2.75) is 17.9 Å². The van der Waals surface area contributed by atoms with Crippen molar-refractivity contribution in [3.8, 4) is 0 Å². The van der Waals surface area contributed by atoms with Crippen LogP contribution in [0.3, 0.4) is 0 Å². The van der Waals surface area contributed by atoms with E-state index in [1.54, 1.807) is 32.4 Å². The van der Waals surface area contributed by atoms with Crippen molar-refractivity contribution in [3.05, 3.63) is 42.5 Å². The molecule has 0 amide bonds. The molecule has 2 aromatic rings. The Balaban J connectivity index is 2.19. The molecule has 0 aliphatic heterocycles. The van der Waals surface area contributed by atoms with E-state index in [0.29, 0.717) is 0 Å². The van der Waals surface area contributed by atoms with E-state index in [1.807, 2.05) is 6.07 Å². The summed E-state index contributed by atoms with van der Waals surface area (Å²) >= 11 is 0. The summed E-state index contributed by atoms with van der Waals surface area (Å²) in [4.78, 5) is 4.11. The Morgan fingerprint density at radius 1 is 1.39 bits per heavy atom. The summed E-state index contributed by atoms with van der Waals surface area (Å²) in [7, 11) is -1.88. The fourth-order valence-electron chi connectivity index (χ4n) is 1.54. The average Bonchev–Trinajstić information content (AvgIpc) is 2.77. The first kappa shape index (κ1) is 12.7. The Bertz CT molecular complexity index is 622. The molecule has 0 unspecified atom stereocenters. The number of aromatic nitrogens is 3. The lowest BCUT2D eigenvalue weighted by molar-refractivity contribution is 0.566. The molecule has 2 heterocycles. The topological polar surface area (TPSA) is 76.9 Å². The smallest absolute Gasteiger partial charge is 0.244 e. The summed E-state index contributed by atoms with van der Waals surface area (Å²) < 4.78 is 28.1. The average molecular weight is 266 g/mol. The Morgan fingerprint density at radius 2 is 2.17 bits per heavy atom. The lowest BCUT2D eigenvalue weighted by atomic mass is 10.2. The van der Waals surface area contributed by atoms with Gasteiger partial charge in [-0.1, -0.05) is 6.07 Å². The SMILES string of the molecule is C[C@@H](NS(=O)(=O)c1cnn(C)c1)c1cccnc1. The van der Waals surface area contributed by atoms with E-state index in [2.05, 4.69) is 14.8 Å². The summed E-state index contributed by atoms with van der Waals surface area (Å²) in [5, 5.41) is 3.85. The van der Waals surface area contributed by atoms with Gasteiger partial charge < -0.3 is 0 Å². The fraction of sp³-hybridized carbons (Fsp3) is 0.273. The summed E-state index contributed by atoms with van der Waals surface area (Å²) in [6, 6.07) is 3.25. The second kappa shape index (κ2) is 4.87. The predicted octanol–water partition coefficient (Wildman–Crippen LogP) is 0.855. The van der Waals surface area contributed by atoms with Gasteiger partial charge in [-0.2, -0.15) is 5.10 Å². The van der Waals surface area contributed by atoms with E-state index < -0.39 is 10.0 Å². The van der Waals surface area contributed by atoms with Crippen LogP contribution in [0.4, 0.5) is 0 Å². The maximum atomic E-state index is 12.0. The molecule has 0 fully saturated rings. The highest BCUT2D eigenvalue weighted by Crippen LogP contribution is 2.15. The van der Waals surface area contributed by atoms with Gasteiger partial charge in [0.1, 0.15) is 4.90 Å². The number of sulfonamides is 1. The van der Waals surface area contributed by atoms with Crippen molar-refractivity contribution in [2.24, 2.45) is 7.05 Å². The van der Waals surface area contributed by atoms with Crippen LogP contribution in [-0.4, -0.2) is 23.2 Å². The lowest BCUT2D eigenvalue weighted by Crippen LogP contribution is -2.26. The van der Waals surface area contributed by atoms with E-state index in [0.717, 1.165) is 5.56 Å². The van der Waals surface area contributed by atoms with E-state index in [4.69, 9.17) is 0 Å². The van der Waals surface area contributed by atoms with Crippen LogP contribution in [0.1, 0.15) is 18.5 Å². The molecule has 1 atom stereocenters. The molecule has 2 rings (SSSR count). The number of rotatable bonds is 4. The summed E-state index contributed by atoms with van der Waals surface area (Å²) in [5.41, 5.74) is 0.810. The van der Waals surface area contributed by atoms with Gasteiger partial charge in [-0.3, -0.25) is 9.67 Å². The van der Waals surface area contributed by atoms with Crippen LogP contribution in [0, 0.1) is 0 Å². The van der Waals surface area contributed by atoms with E-state index in [1.165, 1.54) is 17.1 Å². The third kappa shape index (κ3) is 2.74. The molecule has 0 bridgehead atoms. The Labute approximate surface area is 106 Å². The number of hydrogen-bond donors (Lipinski definition) is 1. The number of pyridine rings is 1. The van der Waals surface area contributed by atoms with Crippen LogP contribution in [-0.2, 0) is 17.1 Å². The van der Waals surface area contributed by atoms with Crippen LogP contribution >= 0.6 is 0 Å². The van der Waals surface area contributed by atoms with Crippen molar-refractivity contribution in [3.63, 3.8) is 0 Å². The van der Waals surface area contributed by atoms with Crippen LogP contribution in [0.5, 0.6) is 0 Å². The Morgan fingerprint density at radius 3 is 2.72 bits per heavy atom. The molecule has 1 N–H and O–H groups in total. The molecule has 0 aliphatic carbocycles. The second-order valence-electron chi connectivity index (χ2n) is 3.98. The van der Waals surface area contributed by atoms with Gasteiger partial charge in [-0.15, -0.1) is 0 Å². The van der Waals surface area contributed by atoms with E-state index >= 15 is 0 Å². The molecule has 96 valence electrons. The molecule has 0 aliphatic rings. The Hall–Kier alpha value is -1.73. The van der Waals surface area contributed by atoms with Crippen LogP contribution in [0.2, 0.25) is 0 Å². The van der Waals surface area contributed by atoms with Gasteiger partial charge in [-0.05, 0) is 18.6 Å². The molecule has 0 spiro atoms. The first-order chi connectivity index (χ1) is 8.49. The van der Waals surface area contributed by atoms with Gasteiger partial charge in [-0.25, -0.2) is 13.1 Å². The van der Waals surface area contributed by atoms with Crippen LogP contribution in [0.25, 0.3) is 0 Å². The fourth-order valence-corrected chi connectivity index (χ4v) is 2.75. The van der Waals surface area contributed by atoms with E-state index in [-0.39, 0.29) is 10.9 Å². The maximum Gasteiger partial charge on any atom is 0.244 e. The minimum absolute atomic E-state index is 0.153. The zero-order valence-corrected chi connectivity index (χ0v) is 10.9. The summed E-state index contributed by atoms with van der Waals surface area (Å²) in [6.45, 7) is 1.77. The van der Waals surface area contributed by atoms with E-state index in [9.17, 15) is 8.42 Å². The number of nitrogens with one attached hydrogen (secondary N) is 1. The zero-order chi connectivity index (χ0) is 13.2. The number of nitrogens with zero attached hydrogens (tertiary/aromatic N) is 3. The number of aryl methyl sites for hydroxylation is 1. The second-order valence-corrected chi connectivity index (χ2v) is 5.69. The highest BCUT2D eigenvalue weighted by atomic mass is 32.2. The van der Waals surface area contributed by atoms with Crippen molar-refractivity contribution in [2.75, 3.05) is 0 Å². The first-order valence-electron chi connectivity index (χ1n) is 5.40. The highest BCUT2D eigenvalue weighted by Gasteiger charge is 2.19. The standard InChI is InChI=1S/C11H14N4O2S/c1-9(10-4-3-5-12-6-10)14-18(16,17)11-7-13-15(2)8-11/h3-9,14H,1-2H3/t9-/m1/s1. The molecule has 0 saturated heterocycles. The third-order valence-electron chi connectivity index (χ3n) is 2.51. The quantitative estimate of drug-likeness (QED) is 0.890. The monoisotopic (exact) mass is 266 g/mol. The van der Waals surface area contributed by atoms with Crippen molar-refractivity contribution < 1.29 is 8.42 Å². The molecular weight excluding hydrogens is 252 g/mol. The van der Waals surface area contributed by atoms with Crippen LogP contribution < -0.4 is 4.72 Å². The predicted molar refractivity (Wildman–Crippen MR) is 66.2 cm³/mol. The Kier molecular flexibility index (Phi) is 3.44. The molecule has 0 aromatic carbocycles. The first-order valence-corrected chi connectivity index (χ1v) is 6.88. The summed E-state index contributed by atoms with van der Waals surface area (Å²) in [5.74, 6) is 0. The van der Waals surface area contributed by atoms with Crippen LogP contribution in [0.15, 0.2) is 41.8 Å². The van der Waals surface area contributed by atoms with Crippen molar-refractivity contribution in [1.82, 2.24) is 19.5 Å². The number of hydrogen-bond acceptors (Lipinski definition) is 4. The van der Waals surface area contributed by atoms with Gasteiger partial charge in [0.05, 0.1) is 6.20 Å². The zero-order valence-electron chi connectivity index (χ0n) is 10.1. The highest BCUT2D eigenvalue weighted by molar-refractivity contribution is 7.89. The maximum absolute atomic E-state index is 12.0. The molecule has 2 aromatic heterocycles. The van der Waals surface area contributed by atoms with Gasteiger partial charge in [0, 0.05) is 31.7 Å². The van der Waals surface area contributed by atoms with Gasteiger partial charge in [0.2, 0.25) is 10.0 Å². The van der Waals surface area contributed by atoms with Gasteiger partial charge in [0.15, 0.2) is 0 Å². The minimum atomic E-state index is -3.55. The molecule has 7 heteroatoms. The molecule has 0 radical (unpaired) electrons. The lowest BCUT2D eigenvalue weighted by Gasteiger charge is -2.13. The summed E-state index contributed by atoms with van der Waals surface area (Å²) in [6.07, 6.45) is 6.05. The minimum Gasteiger partial charge on any atom is -0.274 e. The third-order valence-corrected chi connectivity index (χ3v) is 4.00. The largest absolute Gasteiger partial charge is 0.274 e. The van der Waals surface area contributed by atoms with Crippen molar-refractivity contribution in [1.29, 1.82) is 0 Å². The normalized spacial score (nSPS) is 13.4. The molecule has 6 nitrogen and oxygen atoms in total. The molecular formula is C11H14N4O2S. The van der Waals surface area contributed by atoms with Gasteiger partial charge in [0.25, 0.3) is 0 Å². The molecule has 18 heavy (non-hydrogen) atoms. The van der Waals surface area contributed by atoms with Gasteiger partial charge >= 0.3 is 0 Å². The van der Waals surface area contributed by atoms with Crippen molar-refractivity contribution >= 4 is 10.0 Å².